The quantitative estimate of drug-likeness (QED) is 0.775. The molecule has 0 radical (unpaired) electrons. The minimum atomic E-state index is 0.751. The molecule has 0 aliphatic heterocycles. The summed E-state index contributed by atoms with van der Waals surface area (Å²) in [6.07, 6.45) is 0. The Balaban J connectivity index is 2.07. The van der Waals surface area contributed by atoms with E-state index >= 15 is 0 Å². The molecule has 0 unspecified atom stereocenters. The van der Waals surface area contributed by atoms with E-state index < -0.39 is 0 Å². The van der Waals surface area contributed by atoms with Crippen LogP contribution in [0.5, 0.6) is 5.75 Å². The number of methoxy groups -OCH3 is 1. The minimum absolute atomic E-state index is 0.751. The first-order valence-electron chi connectivity index (χ1n) is 6.69. The number of hydrogen-bond acceptors (Lipinski definition) is 3. The summed E-state index contributed by atoms with van der Waals surface area (Å²) in [4.78, 5) is 0. The molecule has 0 aliphatic rings. The summed E-state index contributed by atoms with van der Waals surface area (Å²) in [7, 11) is 1.72. The van der Waals surface area contributed by atoms with Gasteiger partial charge in [0.1, 0.15) is 5.75 Å². The number of ether oxygens (including phenoxy) is 2. The van der Waals surface area contributed by atoms with Crippen molar-refractivity contribution < 1.29 is 9.47 Å². The molecule has 2 rings (SSSR count). The third-order valence-corrected chi connectivity index (χ3v) is 3.06. The van der Waals surface area contributed by atoms with Crippen LogP contribution in [0.1, 0.15) is 12.5 Å². The third kappa shape index (κ3) is 3.69. The van der Waals surface area contributed by atoms with Gasteiger partial charge in [0.2, 0.25) is 0 Å². The first kappa shape index (κ1) is 13.8. The molecule has 0 saturated heterocycles. The molecular weight excluding hydrogens is 238 g/mol. The van der Waals surface area contributed by atoms with Gasteiger partial charge in [-0.3, -0.25) is 0 Å². The molecule has 0 fully saturated rings. The molecule has 1 N–H and O–H groups in total. The van der Waals surface area contributed by atoms with E-state index in [1.54, 1.807) is 7.11 Å². The van der Waals surface area contributed by atoms with Crippen LogP contribution >= 0.6 is 0 Å². The fraction of sp³-hybridized carbons (Fsp3) is 0.375. The standard InChI is InChI=1S/C16H21NO2/c1-3-19-9-8-17-12-13-10-14-6-4-5-7-15(14)16(11-13)18-2/h4-7,10-11,17H,3,8-9,12H2,1-2H3. The van der Waals surface area contributed by atoms with Gasteiger partial charge in [-0.2, -0.15) is 0 Å². The van der Waals surface area contributed by atoms with Gasteiger partial charge < -0.3 is 14.8 Å². The number of nitrogens with one attached hydrogen (secondary N) is 1. The topological polar surface area (TPSA) is 30.5 Å². The Morgan fingerprint density at radius 3 is 2.79 bits per heavy atom. The van der Waals surface area contributed by atoms with Crippen molar-refractivity contribution in [3.63, 3.8) is 0 Å². The van der Waals surface area contributed by atoms with E-state index in [1.165, 1.54) is 10.9 Å². The zero-order valence-electron chi connectivity index (χ0n) is 11.6. The van der Waals surface area contributed by atoms with Gasteiger partial charge in [0.05, 0.1) is 13.7 Å². The molecule has 3 nitrogen and oxygen atoms in total. The van der Waals surface area contributed by atoms with Gasteiger partial charge in [0, 0.05) is 25.1 Å². The molecule has 0 bridgehead atoms. The zero-order chi connectivity index (χ0) is 13.5. The average Bonchev–Trinajstić information content (AvgIpc) is 2.46. The van der Waals surface area contributed by atoms with Crippen LogP contribution in [0, 0.1) is 0 Å². The van der Waals surface area contributed by atoms with Crippen LogP contribution < -0.4 is 10.1 Å². The molecule has 3 heteroatoms. The van der Waals surface area contributed by atoms with Gasteiger partial charge in [0.25, 0.3) is 0 Å². The molecule has 0 saturated carbocycles. The van der Waals surface area contributed by atoms with Crippen molar-refractivity contribution in [2.45, 2.75) is 13.5 Å². The molecule has 2 aromatic rings. The summed E-state index contributed by atoms with van der Waals surface area (Å²) < 4.78 is 10.8. The van der Waals surface area contributed by atoms with Crippen LogP contribution in [0.4, 0.5) is 0 Å². The molecule has 102 valence electrons. The van der Waals surface area contributed by atoms with Crippen LogP contribution in [0.2, 0.25) is 0 Å². The van der Waals surface area contributed by atoms with Crippen molar-refractivity contribution in [2.75, 3.05) is 26.9 Å². The molecule has 0 heterocycles. The maximum absolute atomic E-state index is 5.46. The maximum Gasteiger partial charge on any atom is 0.127 e. The molecule has 0 atom stereocenters. The van der Waals surface area contributed by atoms with Crippen molar-refractivity contribution in [3.8, 4) is 5.75 Å². The van der Waals surface area contributed by atoms with E-state index in [0.29, 0.717) is 0 Å². The summed E-state index contributed by atoms with van der Waals surface area (Å²) in [5.41, 5.74) is 1.23. The van der Waals surface area contributed by atoms with Gasteiger partial charge in [-0.05, 0) is 30.0 Å². The van der Waals surface area contributed by atoms with Gasteiger partial charge in [-0.25, -0.2) is 0 Å². The largest absolute Gasteiger partial charge is 0.496 e. The summed E-state index contributed by atoms with van der Waals surface area (Å²) >= 11 is 0. The van der Waals surface area contributed by atoms with Crippen molar-refractivity contribution in [1.82, 2.24) is 5.32 Å². The Labute approximate surface area is 114 Å². The molecule has 0 aromatic heterocycles. The van der Waals surface area contributed by atoms with E-state index in [9.17, 15) is 0 Å². The summed E-state index contributed by atoms with van der Waals surface area (Å²) in [6, 6.07) is 12.6. The predicted molar refractivity (Wildman–Crippen MR) is 78.7 cm³/mol. The minimum Gasteiger partial charge on any atom is -0.496 e. The van der Waals surface area contributed by atoms with Gasteiger partial charge in [0.15, 0.2) is 0 Å². The Morgan fingerprint density at radius 2 is 2.00 bits per heavy atom. The maximum atomic E-state index is 5.46. The van der Waals surface area contributed by atoms with Crippen molar-refractivity contribution in [2.24, 2.45) is 0 Å². The van der Waals surface area contributed by atoms with E-state index in [0.717, 1.165) is 37.4 Å². The Bertz CT molecular complexity index is 525. The fourth-order valence-electron chi connectivity index (χ4n) is 2.13. The van der Waals surface area contributed by atoms with Gasteiger partial charge >= 0.3 is 0 Å². The second-order valence-electron chi connectivity index (χ2n) is 4.39. The number of benzene rings is 2. The highest BCUT2D eigenvalue weighted by Gasteiger charge is 2.03. The highest BCUT2D eigenvalue weighted by molar-refractivity contribution is 5.89. The van der Waals surface area contributed by atoms with Crippen molar-refractivity contribution in [1.29, 1.82) is 0 Å². The normalized spacial score (nSPS) is 10.8. The molecular formula is C16H21NO2. The summed E-state index contributed by atoms with van der Waals surface area (Å²) in [5.74, 6) is 0.930. The van der Waals surface area contributed by atoms with Crippen LogP contribution in [0.15, 0.2) is 36.4 Å². The number of hydrogen-bond donors (Lipinski definition) is 1. The molecule has 0 spiro atoms. The zero-order valence-corrected chi connectivity index (χ0v) is 11.6. The second kappa shape index (κ2) is 7.12. The Morgan fingerprint density at radius 1 is 1.16 bits per heavy atom. The molecule has 0 aliphatic carbocycles. The van der Waals surface area contributed by atoms with Crippen LogP contribution in [0.3, 0.4) is 0 Å². The lowest BCUT2D eigenvalue weighted by molar-refractivity contribution is 0.149. The Kier molecular flexibility index (Phi) is 5.19. The highest BCUT2D eigenvalue weighted by atomic mass is 16.5. The molecule has 19 heavy (non-hydrogen) atoms. The average molecular weight is 259 g/mol. The Hall–Kier alpha value is -1.58. The van der Waals surface area contributed by atoms with Gasteiger partial charge in [-0.1, -0.05) is 24.3 Å². The van der Waals surface area contributed by atoms with Crippen LogP contribution in [-0.2, 0) is 11.3 Å². The molecule has 0 amide bonds. The number of fused-ring (bicyclic) bond motifs is 1. The predicted octanol–water partition coefficient (Wildman–Crippen LogP) is 2.97. The van der Waals surface area contributed by atoms with E-state index in [1.807, 2.05) is 19.1 Å². The van der Waals surface area contributed by atoms with E-state index in [-0.39, 0.29) is 0 Å². The lowest BCUT2D eigenvalue weighted by atomic mass is 10.1. The smallest absolute Gasteiger partial charge is 0.127 e. The first-order chi connectivity index (χ1) is 9.35. The number of rotatable bonds is 7. The lowest BCUT2D eigenvalue weighted by Gasteiger charge is -2.10. The molecule has 2 aromatic carbocycles. The van der Waals surface area contributed by atoms with Crippen molar-refractivity contribution in [3.05, 3.63) is 42.0 Å². The summed E-state index contributed by atoms with van der Waals surface area (Å²) in [5, 5.41) is 5.74. The lowest BCUT2D eigenvalue weighted by Crippen LogP contribution is -2.19. The van der Waals surface area contributed by atoms with Crippen molar-refractivity contribution >= 4 is 10.8 Å². The highest BCUT2D eigenvalue weighted by Crippen LogP contribution is 2.27. The summed E-state index contributed by atoms with van der Waals surface area (Å²) in [6.45, 7) is 5.22. The second-order valence-corrected chi connectivity index (χ2v) is 4.39. The first-order valence-corrected chi connectivity index (χ1v) is 6.69. The van der Waals surface area contributed by atoms with Crippen LogP contribution in [-0.4, -0.2) is 26.9 Å². The van der Waals surface area contributed by atoms with E-state index in [2.05, 4.69) is 29.6 Å². The monoisotopic (exact) mass is 259 g/mol. The van der Waals surface area contributed by atoms with Crippen LogP contribution in [0.25, 0.3) is 10.8 Å². The third-order valence-electron chi connectivity index (χ3n) is 3.06. The SMILES string of the molecule is CCOCCNCc1cc(OC)c2ccccc2c1. The van der Waals surface area contributed by atoms with Gasteiger partial charge in [-0.15, -0.1) is 0 Å². The van der Waals surface area contributed by atoms with E-state index in [4.69, 9.17) is 9.47 Å². The fourth-order valence-corrected chi connectivity index (χ4v) is 2.13.